The number of nitrogens with zero attached hydrogens (tertiary/aromatic N) is 6. The number of nitriles is 1. The molecule has 15 heteroatoms. The fraction of sp³-hybridized carbons (Fsp3) is 0.474. The number of phenolic OH excluding ortho intramolecular Hbond substituents is 1. The first-order valence-electron chi connectivity index (χ1n) is 17.6. The molecular formula is C38H36F5N7O3. The minimum Gasteiger partial charge on any atom is -0.508 e. The Labute approximate surface area is 301 Å². The average molecular weight is 734 g/mol. The quantitative estimate of drug-likeness (QED) is 0.163. The van der Waals surface area contributed by atoms with Crippen molar-refractivity contribution in [2.24, 2.45) is 10.8 Å². The molecule has 2 atom stereocenters. The van der Waals surface area contributed by atoms with Gasteiger partial charge >= 0.3 is 12.2 Å². The fourth-order valence-electron chi connectivity index (χ4n) is 8.21. The van der Waals surface area contributed by atoms with Crippen molar-refractivity contribution in [2.75, 3.05) is 51.3 Å². The summed E-state index contributed by atoms with van der Waals surface area (Å²) in [6.45, 7) is 2.04. The Morgan fingerprint density at radius 1 is 1.04 bits per heavy atom. The third-order valence-electron chi connectivity index (χ3n) is 11.4. The zero-order chi connectivity index (χ0) is 37.3. The van der Waals surface area contributed by atoms with Crippen LogP contribution in [0.15, 0.2) is 24.3 Å². The monoisotopic (exact) mass is 733 g/mol. The van der Waals surface area contributed by atoms with Crippen LogP contribution in [-0.2, 0) is 0 Å². The lowest BCUT2D eigenvalue weighted by Gasteiger charge is -2.39. The Morgan fingerprint density at radius 3 is 2.38 bits per heavy atom. The number of fused-ring (bicyclic) bond motifs is 4. The number of phenols is 1. The van der Waals surface area contributed by atoms with Gasteiger partial charge in [-0.05, 0) is 62.1 Å². The SMILES string of the molecule is C#Cc1c(F)ccc2cc(O)cc(-c3nc(OC)c4c(N5CC6CCC(C5)N6)nc(OCC5(CN6CCC(C#N)(C(F)(F)F)CC6)CC5)nc4c3F)c12. The normalized spacial score (nSPS) is 22.1. The first-order valence-corrected chi connectivity index (χ1v) is 17.6. The van der Waals surface area contributed by atoms with E-state index in [0.717, 1.165) is 25.7 Å². The van der Waals surface area contributed by atoms with Crippen LogP contribution in [0.4, 0.5) is 27.8 Å². The fourth-order valence-corrected chi connectivity index (χ4v) is 8.21. The largest absolute Gasteiger partial charge is 0.508 e. The van der Waals surface area contributed by atoms with Gasteiger partial charge in [0.15, 0.2) is 11.2 Å². The Balaban J connectivity index is 1.18. The predicted molar refractivity (Wildman–Crippen MR) is 185 cm³/mol. The van der Waals surface area contributed by atoms with Crippen molar-refractivity contribution in [3.63, 3.8) is 0 Å². The molecule has 4 aliphatic rings. The summed E-state index contributed by atoms with van der Waals surface area (Å²) in [7, 11) is 1.39. The van der Waals surface area contributed by atoms with Crippen LogP contribution in [0.5, 0.6) is 17.6 Å². The molecule has 2 unspecified atom stereocenters. The smallest absolute Gasteiger partial charge is 0.407 e. The summed E-state index contributed by atoms with van der Waals surface area (Å²) >= 11 is 0. The Bertz CT molecular complexity index is 2190. The van der Waals surface area contributed by atoms with Crippen LogP contribution in [0, 0.1) is 46.1 Å². The second kappa shape index (κ2) is 12.8. The summed E-state index contributed by atoms with van der Waals surface area (Å²) in [5.41, 5.74) is -3.22. The molecule has 1 aliphatic carbocycles. The zero-order valence-corrected chi connectivity index (χ0v) is 28.9. The van der Waals surface area contributed by atoms with Gasteiger partial charge in [-0.1, -0.05) is 12.0 Å². The number of anilines is 1. The molecule has 2 N–H and O–H groups in total. The van der Waals surface area contributed by atoms with E-state index in [-0.39, 0.29) is 101 Å². The minimum atomic E-state index is -4.59. The van der Waals surface area contributed by atoms with E-state index in [1.165, 1.54) is 37.4 Å². The molecule has 8 rings (SSSR count). The lowest BCUT2D eigenvalue weighted by atomic mass is 9.79. The molecule has 5 heterocycles. The molecule has 4 aromatic rings. The molecule has 0 amide bonds. The number of rotatable bonds is 8. The van der Waals surface area contributed by atoms with Gasteiger partial charge in [0.1, 0.15) is 34.0 Å². The summed E-state index contributed by atoms with van der Waals surface area (Å²) in [5.74, 6) is 0.927. The summed E-state index contributed by atoms with van der Waals surface area (Å²) in [5, 5.41) is 24.4. The lowest BCUT2D eigenvalue weighted by Crippen LogP contribution is -2.51. The highest BCUT2D eigenvalue weighted by Crippen LogP contribution is 2.50. The first-order chi connectivity index (χ1) is 25.4. The number of pyridine rings is 1. The molecule has 276 valence electrons. The van der Waals surface area contributed by atoms with Crippen molar-refractivity contribution >= 4 is 27.5 Å². The molecule has 0 radical (unpaired) electrons. The third kappa shape index (κ3) is 6.09. The molecule has 3 aliphatic heterocycles. The molecular weight excluding hydrogens is 697 g/mol. The molecule has 2 aromatic carbocycles. The van der Waals surface area contributed by atoms with Crippen LogP contribution in [0.1, 0.15) is 44.1 Å². The maximum Gasteiger partial charge on any atom is 0.407 e. The maximum atomic E-state index is 17.1. The molecule has 0 spiro atoms. The van der Waals surface area contributed by atoms with E-state index in [2.05, 4.69) is 21.2 Å². The van der Waals surface area contributed by atoms with Crippen molar-refractivity contribution < 1.29 is 36.5 Å². The summed E-state index contributed by atoms with van der Waals surface area (Å²) in [6, 6.07) is 7.08. The van der Waals surface area contributed by atoms with Crippen molar-refractivity contribution in [2.45, 2.75) is 56.8 Å². The Kier molecular flexibility index (Phi) is 8.50. The lowest BCUT2D eigenvalue weighted by molar-refractivity contribution is -0.215. The number of nitrogens with one attached hydrogen (secondary N) is 1. The number of likely N-dealkylation sites (tertiary alicyclic amines) is 1. The van der Waals surface area contributed by atoms with E-state index in [9.17, 15) is 27.9 Å². The first kappa shape index (κ1) is 35.1. The van der Waals surface area contributed by atoms with Crippen LogP contribution < -0.4 is 19.7 Å². The number of alkyl halides is 3. The number of hydrogen-bond donors (Lipinski definition) is 2. The van der Waals surface area contributed by atoms with Crippen LogP contribution in [0.2, 0.25) is 0 Å². The number of aromatic hydroxyl groups is 1. The molecule has 53 heavy (non-hydrogen) atoms. The number of aromatic nitrogens is 3. The van der Waals surface area contributed by atoms with Gasteiger partial charge in [0.25, 0.3) is 0 Å². The molecule has 2 aromatic heterocycles. The third-order valence-corrected chi connectivity index (χ3v) is 11.4. The van der Waals surface area contributed by atoms with E-state index in [4.69, 9.17) is 20.9 Å². The minimum absolute atomic E-state index is 0.00930. The van der Waals surface area contributed by atoms with Gasteiger partial charge < -0.3 is 29.7 Å². The van der Waals surface area contributed by atoms with Gasteiger partial charge in [0.05, 0.1) is 25.3 Å². The average Bonchev–Trinajstić information content (AvgIpc) is 3.83. The van der Waals surface area contributed by atoms with E-state index in [1.807, 2.05) is 9.80 Å². The van der Waals surface area contributed by atoms with Crippen molar-refractivity contribution in [1.82, 2.24) is 25.2 Å². The maximum absolute atomic E-state index is 17.1. The van der Waals surface area contributed by atoms with Crippen LogP contribution in [-0.4, -0.2) is 89.7 Å². The van der Waals surface area contributed by atoms with Gasteiger partial charge in [0, 0.05) is 61.2 Å². The van der Waals surface area contributed by atoms with Gasteiger partial charge in [0.2, 0.25) is 5.88 Å². The number of piperazine rings is 1. The van der Waals surface area contributed by atoms with Crippen molar-refractivity contribution in [3.8, 4) is 47.3 Å². The molecule has 10 nitrogen and oxygen atoms in total. The summed E-state index contributed by atoms with van der Waals surface area (Å²) < 4.78 is 85.1. The summed E-state index contributed by atoms with van der Waals surface area (Å²) in [4.78, 5) is 17.9. The second-order valence-corrected chi connectivity index (χ2v) is 14.8. The summed E-state index contributed by atoms with van der Waals surface area (Å²) in [6.07, 6.45) is 3.99. The standard InChI is InChI=1S/C38H36F5N7O3/c1-3-25-27(39)7-4-21-14-24(51)15-26(28(21)25)31-30(40)32-29(34(46-31)52-2)33(50-16-22-5-6-23(17-50)45-22)48-35(47-32)53-20-36(8-9-36)19-49-12-10-37(18-44,11-13-49)38(41,42)43/h1,4,7,14-15,22-23,45,51H,5-6,8-13,16-17,19-20H2,2H3. The predicted octanol–water partition coefficient (Wildman–Crippen LogP) is 6.09. The Hall–Kier alpha value is -4.99. The van der Waals surface area contributed by atoms with Gasteiger partial charge in [-0.2, -0.15) is 28.4 Å². The number of ether oxygens (including phenoxy) is 2. The number of benzene rings is 2. The highest BCUT2D eigenvalue weighted by Gasteiger charge is 2.57. The van der Waals surface area contributed by atoms with E-state index in [1.54, 1.807) is 0 Å². The van der Waals surface area contributed by atoms with Crippen molar-refractivity contribution in [1.29, 1.82) is 5.26 Å². The van der Waals surface area contributed by atoms with Crippen molar-refractivity contribution in [3.05, 3.63) is 41.5 Å². The number of piperidine rings is 1. The number of hydrogen-bond acceptors (Lipinski definition) is 10. The number of methoxy groups -OCH3 is 1. The molecule has 4 fully saturated rings. The van der Waals surface area contributed by atoms with E-state index < -0.39 is 23.2 Å². The topological polar surface area (TPSA) is 120 Å². The highest BCUT2D eigenvalue weighted by atomic mass is 19.4. The Morgan fingerprint density at radius 2 is 1.75 bits per heavy atom. The number of terminal acetylenes is 1. The van der Waals surface area contributed by atoms with E-state index in [0.29, 0.717) is 30.8 Å². The second-order valence-electron chi connectivity index (χ2n) is 14.8. The van der Waals surface area contributed by atoms with Crippen LogP contribution in [0.3, 0.4) is 0 Å². The van der Waals surface area contributed by atoms with E-state index >= 15 is 4.39 Å². The zero-order valence-electron chi connectivity index (χ0n) is 28.9. The van der Waals surface area contributed by atoms with Crippen LogP contribution in [0.25, 0.3) is 32.9 Å². The molecule has 1 saturated carbocycles. The van der Waals surface area contributed by atoms with Crippen LogP contribution >= 0.6 is 0 Å². The highest BCUT2D eigenvalue weighted by molar-refractivity contribution is 6.04. The van der Waals surface area contributed by atoms with Gasteiger partial charge in [-0.15, -0.1) is 6.42 Å². The van der Waals surface area contributed by atoms with Gasteiger partial charge in [-0.25, -0.2) is 13.8 Å². The molecule has 3 saturated heterocycles. The molecule has 2 bridgehead atoms. The van der Waals surface area contributed by atoms with Gasteiger partial charge in [-0.3, -0.25) is 0 Å². The number of halogens is 5.